The second kappa shape index (κ2) is 7.03. The molecule has 0 atom stereocenters. The normalized spacial score (nSPS) is 12.7. The van der Waals surface area contributed by atoms with Gasteiger partial charge in [0.1, 0.15) is 10.9 Å². The highest BCUT2D eigenvalue weighted by Gasteiger charge is 2.11. The third kappa shape index (κ3) is 3.42. The van der Waals surface area contributed by atoms with Crippen LogP contribution in [0.5, 0.6) is 0 Å². The molecule has 0 fully saturated rings. The summed E-state index contributed by atoms with van der Waals surface area (Å²) in [7, 11) is 0. The molecule has 1 aromatic carbocycles. The highest BCUT2D eigenvalue weighted by atomic mass is 32.1. The first-order valence-corrected chi connectivity index (χ1v) is 7.95. The molecule has 0 bridgehead atoms. The summed E-state index contributed by atoms with van der Waals surface area (Å²) in [5.74, 6) is 0. The van der Waals surface area contributed by atoms with Crippen LogP contribution >= 0.6 is 11.3 Å². The Hall–Kier alpha value is -2.42. The van der Waals surface area contributed by atoms with E-state index in [1.807, 2.05) is 36.7 Å². The predicted octanol–water partition coefficient (Wildman–Crippen LogP) is 3.34. The molecule has 2 N–H and O–H groups in total. The minimum Gasteiger partial charge on any atom is -0.312 e. The van der Waals surface area contributed by atoms with E-state index in [9.17, 15) is 0 Å². The minimum atomic E-state index is 0.846. The summed E-state index contributed by atoms with van der Waals surface area (Å²) >= 11 is 1.61. The zero-order valence-electron chi connectivity index (χ0n) is 12.0. The smallest absolute Gasteiger partial charge is 0.110 e. The topological polar surface area (TPSA) is 64.5 Å². The van der Waals surface area contributed by atoms with E-state index in [0.29, 0.717) is 0 Å². The fraction of sp³-hybridized carbons (Fsp3) is 0.176. The van der Waals surface area contributed by atoms with Crippen LogP contribution in [-0.4, -0.2) is 16.7 Å². The molecule has 3 aromatic rings. The van der Waals surface area contributed by atoms with Gasteiger partial charge in [0.05, 0.1) is 6.20 Å². The van der Waals surface area contributed by atoms with Gasteiger partial charge in [-0.3, -0.25) is 5.10 Å². The maximum atomic E-state index is 8.63. The predicted molar refractivity (Wildman–Crippen MR) is 88.5 cm³/mol. The van der Waals surface area contributed by atoms with Crippen LogP contribution in [0, 0.1) is 11.3 Å². The van der Waals surface area contributed by atoms with Gasteiger partial charge in [0.2, 0.25) is 0 Å². The standard InChI is InChI=1S/C9H8N2.C8H8N2S/c1-2-4-8(5-3-1)9-6-10-11-7-9;9-4-7-3-6-1-2-10-5-8(6)11-7/h1-7H,(H,10,11);3,10H,1-2,5H2. The molecule has 1 aliphatic rings. The van der Waals surface area contributed by atoms with Crippen molar-refractivity contribution in [2.75, 3.05) is 6.54 Å². The summed E-state index contributed by atoms with van der Waals surface area (Å²) in [5, 5.41) is 18.6. The third-order valence-electron chi connectivity index (χ3n) is 3.47. The Kier molecular flexibility index (Phi) is 4.64. The lowest BCUT2D eigenvalue weighted by Gasteiger charge is -2.10. The monoisotopic (exact) mass is 308 g/mol. The number of H-pyrrole nitrogens is 1. The van der Waals surface area contributed by atoms with Crippen molar-refractivity contribution in [1.29, 1.82) is 5.26 Å². The first-order valence-electron chi connectivity index (χ1n) is 7.13. The fourth-order valence-electron chi connectivity index (χ4n) is 2.35. The van der Waals surface area contributed by atoms with E-state index < -0.39 is 0 Å². The molecule has 1 aliphatic heterocycles. The van der Waals surface area contributed by atoms with Crippen molar-refractivity contribution in [2.45, 2.75) is 13.0 Å². The van der Waals surface area contributed by atoms with E-state index in [-0.39, 0.29) is 0 Å². The van der Waals surface area contributed by atoms with Crippen molar-refractivity contribution in [3.8, 4) is 17.2 Å². The Morgan fingerprint density at radius 3 is 2.73 bits per heavy atom. The lowest BCUT2D eigenvalue weighted by atomic mass is 10.1. The molecular formula is C17H16N4S. The highest BCUT2D eigenvalue weighted by Crippen LogP contribution is 2.24. The highest BCUT2D eigenvalue weighted by molar-refractivity contribution is 7.12. The second-order valence-corrected chi connectivity index (χ2v) is 6.09. The van der Waals surface area contributed by atoms with Crippen molar-refractivity contribution in [3.05, 3.63) is 64.1 Å². The molecule has 0 amide bonds. The SMILES string of the molecule is N#Cc1cc2c(s1)CNCC2.c1ccc(-c2cn[nH]c2)cc1. The van der Waals surface area contributed by atoms with E-state index in [0.717, 1.165) is 30.0 Å². The molecule has 2 aromatic heterocycles. The molecule has 0 aliphatic carbocycles. The number of thiophene rings is 1. The van der Waals surface area contributed by atoms with Gasteiger partial charge < -0.3 is 5.32 Å². The summed E-state index contributed by atoms with van der Waals surface area (Å²) in [6.07, 6.45) is 4.78. The Morgan fingerprint density at radius 1 is 1.18 bits per heavy atom. The van der Waals surface area contributed by atoms with E-state index in [1.165, 1.54) is 16.0 Å². The molecule has 3 heterocycles. The summed E-state index contributed by atoms with van der Waals surface area (Å²) in [5.41, 5.74) is 3.69. The lowest BCUT2D eigenvalue weighted by molar-refractivity contribution is 0.654. The number of aromatic amines is 1. The van der Waals surface area contributed by atoms with Crippen LogP contribution in [0.15, 0.2) is 48.8 Å². The van der Waals surface area contributed by atoms with Gasteiger partial charge in [-0.15, -0.1) is 11.3 Å². The van der Waals surface area contributed by atoms with Crippen molar-refractivity contribution in [3.63, 3.8) is 0 Å². The molecule has 0 spiro atoms. The zero-order valence-corrected chi connectivity index (χ0v) is 12.9. The summed E-state index contributed by atoms with van der Waals surface area (Å²) < 4.78 is 0. The molecule has 110 valence electrons. The lowest BCUT2D eigenvalue weighted by Crippen LogP contribution is -2.21. The Labute approximate surface area is 133 Å². The molecule has 4 nitrogen and oxygen atoms in total. The molecule has 0 saturated carbocycles. The largest absolute Gasteiger partial charge is 0.312 e. The van der Waals surface area contributed by atoms with Crippen LogP contribution < -0.4 is 5.32 Å². The number of rotatable bonds is 1. The number of nitrogens with zero attached hydrogens (tertiary/aromatic N) is 2. The Bertz CT molecular complexity index is 730. The number of aromatic nitrogens is 2. The number of hydrogen-bond donors (Lipinski definition) is 2. The zero-order chi connectivity index (χ0) is 15.2. The number of fused-ring (bicyclic) bond motifs is 1. The van der Waals surface area contributed by atoms with E-state index >= 15 is 0 Å². The maximum Gasteiger partial charge on any atom is 0.110 e. The average molecular weight is 308 g/mol. The van der Waals surface area contributed by atoms with Crippen LogP contribution in [0.3, 0.4) is 0 Å². The van der Waals surface area contributed by atoms with Crippen LogP contribution in [0.25, 0.3) is 11.1 Å². The van der Waals surface area contributed by atoms with E-state index in [2.05, 4.69) is 33.7 Å². The van der Waals surface area contributed by atoms with E-state index in [1.54, 1.807) is 11.3 Å². The first-order chi connectivity index (χ1) is 10.9. The van der Waals surface area contributed by atoms with Crippen LogP contribution in [-0.2, 0) is 13.0 Å². The minimum absolute atomic E-state index is 0.846. The second-order valence-electron chi connectivity index (χ2n) is 4.95. The first kappa shape index (κ1) is 14.5. The van der Waals surface area contributed by atoms with Gasteiger partial charge in [-0.05, 0) is 30.2 Å². The fourth-order valence-corrected chi connectivity index (χ4v) is 3.33. The Morgan fingerprint density at radius 2 is 2.05 bits per heavy atom. The van der Waals surface area contributed by atoms with Gasteiger partial charge in [0, 0.05) is 23.2 Å². The van der Waals surface area contributed by atoms with Crippen LogP contribution in [0.4, 0.5) is 0 Å². The summed E-state index contributed by atoms with van der Waals surface area (Å²) in [4.78, 5) is 2.19. The molecule has 0 unspecified atom stereocenters. The van der Waals surface area contributed by atoms with Crippen molar-refractivity contribution in [2.24, 2.45) is 0 Å². The van der Waals surface area contributed by atoms with Crippen molar-refractivity contribution < 1.29 is 0 Å². The van der Waals surface area contributed by atoms with Gasteiger partial charge in [0.25, 0.3) is 0 Å². The summed E-state index contributed by atoms with van der Waals surface area (Å²) in [6.45, 7) is 2.00. The van der Waals surface area contributed by atoms with Crippen molar-refractivity contribution in [1.82, 2.24) is 15.5 Å². The van der Waals surface area contributed by atoms with Gasteiger partial charge >= 0.3 is 0 Å². The molecule has 0 saturated heterocycles. The Balaban J connectivity index is 0.000000131. The van der Waals surface area contributed by atoms with Gasteiger partial charge in [-0.25, -0.2) is 0 Å². The number of hydrogen-bond acceptors (Lipinski definition) is 4. The van der Waals surface area contributed by atoms with Gasteiger partial charge in [0.15, 0.2) is 0 Å². The average Bonchev–Trinajstić information content (AvgIpc) is 3.25. The third-order valence-corrected chi connectivity index (χ3v) is 4.55. The summed E-state index contributed by atoms with van der Waals surface area (Å²) in [6, 6.07) is 14.3. The molecular weight excluding hydrogens is 292 g/mol. The maximum absolute atomic E-state index is 8.63. The molecule has 0 radical (unpaired) electrons. The quantitative estimate of drug-likeness (QED) is 0.724. The van der Waals surface area contributed by atoms with E-state index in [4.69, 9.17) is 5.26 Å². The van der Waals surface area contributed by atoms with Crippen LogP contribution in [0.1, 0.15) is 15.3 Å². The van der Waals surface area contributed by atoms with Crippen LogP contribution in [0.2, 0.25) is 0 Å². The molecule has 22 heavy (non-hydrogen) atoms. The molecule has 5 heteroatoms. The number of nitrogens with one attached hydrogen (secondary N) is 2. The van der Waals surface area contributed by atoms with Crippen molar-refractivity contribution >= 4 is 11.3 Å². The van der Waals surface area contributed by atoms with Gasteiger partial charge in [-0.2, -0.15) is 10.4 Å². The number of benzene rings is 1. The van der Waals surface area contributed by atoms with Gasteiger partial charge in [-0.1, -0.05) is 30.3 Å². The molecule has 4 rings (SSSR count). The number of nitriles is 1.